The van der Waals surface area contributed by atoms with Gasteiger partial charge in [0.05, 0.1) is 6.54 Å². The fraction of sp³-hybridized carbons (Fsp3) is 0.353. The van der Waals surface area contributed by atoms with Gasteiger partial charge in [0.2, 0.25) is 5.95 Å². The lowest BCUT2D eigenvalue weighted by atomic mass is 10.2. The van der Waals surface area contributed by atoms with Crippen molar-refractivity contribution in [3.05, 3.63) is 54.2 Å². The van der Waals surface area contributed by atoms with Crippen LogP contribution in [0.5, 0.6) is 0 Å². The lowest BCUT2D eigenvalue weighted by Crippen LogP contribution is -2.44. The van der Waals surface area contributed by atoms with E-state index in [0.29, 0.717) is 17.7 Å². The predicted octanol–water partition coefficient (Wildman–Crippen LogP) is 0.486. The Morgan fingerprint density at radius 3 is 2.65 bits per heavy atom. The van der Waals surface area contributed by atoms with Gasteiger partial charge in [-0.05, 0) is 34.2 Å². The van der Waals surface area contributed by atoms with E-state index in [4.69, 9.17) is 0 Å². The topological polar surface area (TPSA) is 87.9 Å². The number of rotatable bonds is 3. The molecule has 2 N–H and O–H groups in total. The van der Waals surface area contributed by atoms with Crippen LogP contribution in [0.2, 0.25) is 0 Å². The van der Waals surface area contributed by atoms with Gasteiger partial charge in [-0.2, -0.15) is 4.98 Å². The van der Waals surface area contributed by atoms with E-state index in [1.54, 1.807) is 7.05 Å². The smallest absolute Gasteiger partial charge is 0.329 e. The van der Waals surface area contributed by atoms with Crippen LogP contribution in [0.15, 0.2) is 33.9 Å². The molecule has 1 aromatic carbocycles. The molecule has 3 aromatic rings. The number of benzene rings is 1. The standard InChI is InChI=1S/C17H19IN6O2/c1-22-14-13(15(25)21-17(22)26)24(10-11-4-2-3-5-12(11)18)16(20-14)23-8-6-19-7-9-23/h2-5,19H,6-10H2,1H3,(H,21,25,26). The van der Waals surface area contributed by atoms with Crippen molar-refractivity contribution < 1.29 is 0 Å². The van der Waals surface area contributed by atoms with Gasteiger partial charge in [-0.1, -0.05) is 18.2 Å². The molecule has 9 heteroatoms. The quantitative estimate of drug-likeness (QED) is 0.549. The second-order valence-electron chi connectivity index (χ2n) is 6.32. The molecule has 0 amide bonds. The molecule has 1 fully saturated rings. The number of fused-ring (bicyclic) bond motifs is 1. The predicted molar refractivity (Wildman–Crippen MR) is 109 cm³/mol. The molecule has 136 valence electrons. The average Bonchev–Trinajstić information content (AvgIpc) is 3.02. The SMILES string of the molecule is Cn1c(=O)[nH]c(=O)c2c1nc(N1CCNCC1)n2Cc1ccccc1I. The summed E-state index contributed by atoms with van der Waals surface area (Å²) in [5, 5.41) is 3.33. The molecule has 0 unspecified atom stereocenters. The fourth-order valence-corrected chi connectivity index (χ4v) is 3.83. The Labute approximate surface area is 163 Å². The molecule has 2 aromatic heterocycles. The van der Waals surface area contributed by atoms with Crippen LogP contribution in [0, 0.1) is 3.57 Å². The van der Waals surface area contributed by atoms with Crippen LogP contribution in [-0.2, 0) is 13.6 Å². The molecule has 0 saturated carbocycles. The zero-order valence-corrected chi connectivity index (χ0v) is 16.5. The van der Waals surface area contributed by atoms with Gasteiger partial charge in [0.1, 0.15) is 0 Å². The first-order valence-electron chi connectivity index (χ1n) is 8.45. The number of halogens is 1. The molecule has 0 bridgehead atoms. The number of anilines is 1. The Bertz CT molecular complexity index is 1080. The maximum Gasteiger partial charge on any atom is 0.329 e. The minimum Gasteiger partial charge on any atom is -0.340 e. The lowest BCUT2D eigenvalue weighted by Gasteiger charge is -2.28. The molecule has 3 heterocycles. The summed E-state index contributed by atoms with van der Waals surface area (Å²) in [7, 11) is 1.63. The summed E-state index contributed by atoms with van der Waals surface area (Å²) in [4.78, 5) is 33.8. The van der Waals surface area contributed by atoms with Gasteiger partial charge in [-0.3, -0.25) is 18.9 Å². The van der Waals surface area contributed by atoms with E-state index >= 15 is 0 Å². The molecule has 0 atom stereocenters. The highest BCUT2D eigenvalue weighted by atomic mass is 127. The first-order valence-corrected chi connectivity index (χ1v) is 9.53. The molecule has 0 spiro atoms. The number of nitrogens with one attached hydrogen (secondary N) is 2. The Hall–Kier alpha value is -2.14. The number of hydrogen-bond acceptors (Lipinski definition) is 5. The van der Waals surface area contributed by atoms with Gasteiger partial charge >= 0.3 is 5.69 Å². The summed E-state index contributed by atoms with van der Waals surface area (Å²) in [6.45, 7) is 3.86. The monoisotopic (exact) mass is 466 g/mol. The number of aryl methyl sites for hydroxylation is 1. The highest BCUT2D eigenvalue weighted by Crippen LogP contribution is 2.23. The van der Waals surface area contributed by atoms with Gasteiger partial charge in [-0.25, -0.2) is 4.79 Å². The number of imidazole rings is 1. The van der Waals surface area contributed by atoms with Crippen LogP contribution in [0.4, 0.5) is 5.95 Å². The van der Waals surface area contributed by atoms with Crippen LogP contribution >= 0.6 is 22.6 Å². The van der Waals surface area contributed by atoms with Crippen molar-refractivity contribution in [1.29, 1.82) is 0 Å². The van der Waals surface area contributed by atoms with Gasteiger partial charge in [0, 0.05) is 36.8 Å². The van der Waals surface area contributed by atoms with Gasteiger partial charge < -0.3 is 10.2 Å². The largest absolute Gasteiger partial charge is 0.340 e. The van der Waals surface area contributed by atoms with Gasteiger partial charge in [0.15, 0.2) is 11.2 Å². The highest BCUT2D eigenvalue weighted by Gasteiger charge is 2.23. The van der Waals surface area contributed by atoms with Gasteiger partial charge in [0.25, 0.3) is 5.56 Å². The molecule has 1 aliphatic heterocycles. The number of aromatic nitrogens is 4. The van der Waals surface area contributed by atoms with Crippen molar-refractivity contribution in [3.63, 3.8) is 0 Å². The molecule has 26 heavy (non-hydrogen) atoms. The lowest BCUT2D eigenvalue weighted by molar-refractivity contribution is 0.571. The fourth-order valence-electron chi connectivity index (χ4n) is 3.28. The van der Waals surface area contributed by atoms with Crippen molar-refractivity contribution >= 4 is 39.7 Å². The summed E-state index contributed by atoms with van der Waals surface area (Å²) < 4.78 is 4.45. The molecule has 0 aliphatic carbocycles. The van der Waals surface area contributed by atoms with Crippen LogP contribution in [0.3, 0.4) is 0 Å². The van der Waals surface area contributed by atoms with Crippen molar-refractivity contribution in [2.24, 2.45) is 7.05 Å². The van der Waals surface area contributed by atoms with Crippen molar-refractivity contribution in [1.82, 2.24) is 24.4 Å². The summed E-state index contributed by atoms with van der Waals surface area (Å²) in [6.07, 6.45) is 0. The maximum absolute atomic E-state index is 12.6. The van der Waals surface area contributed by atoms with Crippen LogP contribution in [-0.4, -0.2) is 45.3 Å². The van der Waals surface area contributed by atoms with E-state index in [1.807, 2.05) is 28.8 Å². The second kappa shape index (κ2) is 6.88. The third-order valence-corrected chi connectivity index (χ3v) is 5.73. The van der Waals surface area contributed by atoms with Crippen LogP contribution in [0.1, 0.15) is 5.56 Å². The third kappa shape index (κ3) is 2.94. The van der Waals surface area contributed by atoms with E-state index in [-0.39, 0.29) is 0 Å². The Morgan fingerprint density at radius 1 is 1.19 bits per heavy atom. The highest BCUT2D eigenvalue weighted by molar-refractivity contribution is 14.1. The number of piperazine rings is 1. The molecule has 8 nitrogen and oxygen atoms in total. The van der Waals surface area contributed by atoms with Crippen molar-refractivity contribution in [2.45, 2.75) is 6.54 Å². The minimum absolute atomic E-state index is 0.400. The minimum atomic E-state index is -0.451. The first kappa shape index (κ1) is 17.3. The summed E-state index contributed by atoms with van der Waals surface area (Å²) in [5.41, 5.74) is 1.10. The Balaban J connectivity index is 1.95. The van der Waals surface area contributed by atoms with Crippen molar-refractivity contribution in [2.75, 3.05) is 31.1 Å². The van der Waals surface area contributed by atoms with E-state index in [1.165, 1.54) is 4.57 Å². The maximum atomic E-state index is 12.6. The number of aromatic amines is 1. The average molecular weight is 466 g/mol. The molecule has 0 radical (unpaired) electrons. The van der Waals surface area contributed by atoms with E-state index in [2.05, 4.69) is 42.8 Å². The first-order chi connectivity index (χ1) is 12.6. The van der Waals surface area contributed by atoms with Gasteiger partial charge in [-0.15, -0.1) is 0 Å². The van der Waals surface area contributed by atoms with E-state index in [0.717, 1.165) is 41.3 Å². The van der Waals surface area contributed by atoms with E-state index < -0.39 is 11.2 Å². The van der Waals surface area contributed by atoms with Crippen LogP contribution in [0.25, 0.3) is 11.2 Å². The normalized spacial score (nSPS) is 14.9. The molecule has 1 saturated heterocycles. The molecule has 4 rings (SSSR count). The Morgan fingerprint density at radius 2 is 1.92 bits per heavy atom. The second-order valence-corrected chi connectivity index (χ2v) is 7.48. The summed E-state index contributed by atoms with van der Waals surface area (Å²) >= 11 is 2.30. The summed E-state index contributed by atoms with van der Waals surface area (Å²) in [5.74, 6) is 0.729. The number of nitrogens with zero attached hydrogens (tertiary/aromatic N) is 4. The third-order valence-electron chi connectivity index (χ3n) is 4.67. The molecular formula is C17H19IN6O2. The molecular weight excluding hydrogens is 447 g/mol. The number of hydrogen-bond donors (Lipinski definition) is 2. The summed E-state index contributed by atoms with van der Waals surface area (Å²) in [6, 6.07) is 8.07. The van der Waals surface area contributed by atoms with Crippen LogP contribution < -0.4 is 21.5 Å². The zero-order chi connectivity index (χ0) is 18.3. The van der Waals surface area contributed by atoms with Crippen molar-refractivity contribution in [3.8, 4) is 0 Å². The zero-order valence-electron chi connectivity index (χ0n) is 14.3. The van der Waals surface area contributed by atoms with E-state index in [9.17, 15) is 9.59 Å². The molecule has 1 aliphatic rings. The Kier molecular flexibility index (Phi) is 4.57. The number of H-pyrrole nitrogens is 1.